The Hall–Kier alpha value is -3.38. The van der Waals surface area contributed by atoms with Crippen LogP contribution in [0.3, 0.4) is 0 Å². The van der Waals surface area contributed by atoms with Crippen molar-refractivity contribution in [2.24, 2.45) is 0 Å². The fourth-order valence-electron chi connectivity index (χ4n) is 5.83. The largest absolute Gasteiger partial charge is 0.0616 e. The molecule has 1 aliphatic carbocycles. The average molecular weight is 383 g/mol. The van der Waals surface area contributed by atoms with Crippen LogP contribution >= 0.6 is 0 Å². The zero-order chi connectivity index (χ0) is 19.7. The molecule has 0 aliphatic heterocycles. The fraction of sp³-hybridized carbons (Fsp3) is 0.133. The molecule has 142 valence electrons. The molecule has 0 fully saturated rings. The Labute approximate surface area is 176 Å². The lowest BCUT2D eigenvalue weighted by atomic mass is 9.77. The first-order valence-electron chi connectivity index (χ1n) is 11.0. The highest BCUT2D eigenvalue weighted by Crippen LogP contribution is 2.41. The molecule has 0 heterocycles. The second-order valence-electron chi connectivity index (χ2n) is 8.92. The van der Waals surface area contributed by atoms with Crippen molar-refractivity contribution in [2.75, 3.05) is 0 Å². The van der Waals surface area contributed by atoms with Gasteiger partial charge in [0.15, 0.2) is 0 Å². The van der Waals surface area contributed by atoms with Crippen LogP contribution < -0.4 is 0 Å². The van der Waals surface area contributed by atoms with Gasteiger partial charge in [-0.25, -0.2) is 0 Å². The predicted molar refractivity (Wildman–Crippen MR) is 129 cm³/mol. The zero-order valence-corrected chi connectivity index (χ0v) is 16.9. The van der Waals surface area contributed by atoms with E-state index in [0.29, 0.717) is 5.92 Å². The van der Waals surface area contributed by atoms with E-state index in [1.54, 1.807) is 5.56 Å². The monoisotopic (exact) mass is 382 g/mol. The Bertz CT molecular complexity index is 1550. The van der Waals surface area contributed by atoms with Gasteiger partial charge in [-0.15, -0.1) is 0 Å². The van der Waals surface area contributed by atoms with Gasteiger partial charge in [-0.1, -0.05) is 91.0 Å². The third kappa shape index (κ3) is 2.28. The minimum atomic E-state index is 0.586. The number of hydrogen-bond acceptors (Lipinski definition) is 0. The van der Waals surface area contributed by atoms with Gasteiger partial charge in [0, 0.05) is 0 Å². The predicted octanol–water partition coefficient (Wildman–Crippen LogP) is 8.01. The van der Waals surface area contributed by atoms with Crippen molar-refractivity contribution in [2.45, 2.75) is 25.2 Å². The lowest BCUT2D eigenvalue weighted by molar-refractivity contribution is 0.589. The van der Waals surface area contributed by atoms with Crippen LogP contribution in [-0.2, 0) is 12.8 Å². The van der Waals surface area contributed by atoms with E-state index in [9.17, 15) is 0 Å². The molecule has 1 unspecified atom stereocenters. The number of benzene rings is 6. The van der Waals surface area contributed by atoms with Crippen LogP contribution in [0.2, 0.25) is 0 Å². The number of aryl methyl sites for hydroxylation is 1. The molecule has 0 amide bonds. The maximum atomic E-state index is 2.44. The lowest BCUT2D eigenvalue weighted by Gasteiger charge is -2.27. The summed E-state index contributed by atoms with van der Waals surface area (Å²) in [5.41, 5.74) is 4.61. The Balaban J connectivity index is 1.41. The number of hydrogen-bond donors (Lipinski definition) is 0. The smallest absolute Gasteiger partial charge is 0.00239 e. The van der Waals surface area contributed by atoms with Gasteiger partial charge in [0.1, 0.15) is 0 Å². The normalized spacial score (nSPS) is 16.6. The molecule has 30 heavy (non-hydrogen) atoms. The molecule has 1 atom stereocenters. The van der Waals surface area contributed by atoms with Crippen molar-refractivity contribution in [1.29, 1.82) is 0 Å². The average Bonchev–Trinajstić information content (AvgIpc) is 2.81. The van der Waals surface area contributed by atoms with E-state index in [1.807, 2.05) is 0 Å². The summed E-state index contributed by atoms with van der Waals surface area (Å²) in [5, 5.41) is 11.1. The van der Waals surface area contributed by atoms with Crippen molar-refractivity contribution in [3.05, 3.63) is 108 Å². The number of fused-ring (bicyclic) bond motifs is 2. The van der Waals surface area contributed by atoms with Crippen LogP contribution in [0.5, 0.6) is 0 Å². The van der Waals surface area contributed by atoms with E-state index in [4.69, 9.17) is 0 Å². The quantitative estimate of drug-likeness (QED) is 0.253. The molecule has 0 heteroatoms. The molecule has 7 rings (SSSR count). The van der Waals surface area contributed by atoms with Crippen molar-refractivity contribution >= 4 is 43.1 Å². The van der Waals surface area contributed by atoms with Gasteiger partial charge >= 0.3 is 0 Å². The summed E-state index contributed by atoms with van der Waals surface area (Å²) < 4.78 is 0. The summed E-state index contributed by atoms with van der Waals surface area (Å²) in [5.74, 6) is 0.586. The minimum Gasteiger partial charge on any atom is -0.0616 e. The molecule has 6 aromatic carbocycles. The molecule has 0 bridgehead atoms. The van der Waals surface area contributed by atoms with Gasteiger partial charge in [-0.2, -0.15) is 0 Å². The van der Waals surface area contributed by atoms with Crippen LogP contribution in [0.1, 0.15) is 29.0 Å². The molecular weight excluding hydrogens is 360 g/mol. The highest BCUT2D eigenvalue weighted by molar-refractivity contribution is 6.23. The van der Waals surface area contributed by atoms with Crippen LogP contribution in [0.15, 0.2) is 91.0 Å². The maximum absolute atomic E-state index is 2.44. The Kier molecular flexibility index (Phi) is 3.32. The lowest BCUT2D eigenvalue weighted by Crippen LogP contribution is -2.13. The number of rotatable bonds is 1. The molecule has 6 aromatic rings. The van der Waals surface area contributed by atoms with Crippen molar-refractivity contribution in [3.8, 4) is 0 Å². The summed E-state index contributed by atoms with van der Waals surface area (Å²) in [6.07, 6.45) is 3.55. The Morgan fingerprint density at radius 2 is 1.17 bits per heavy atom. The topological polar surface area (TPSA) is 0 Å². The van der Waals surface area contributed by atoms with Crippen molar-refractivity contribution < 1.29 is 0 Å². The van der Waals surface area contributed by atoms with Crippen LogP contribution in [0, 0.1) is 0 Å². The fourth-order valence-corrected chi connectivity index (χ4v) is 5.83. The van der Waals surface area contributed by atoms with Crippen LogP contribution in [0.25, 0.3) is 43.1 Å². The first-order chi connectivity index (χ1) is 14.8. The molecule has 1 aliphatic rings. The summed E-state index contributed by atoms with van der Waals surface area (Å²) in [7, 11) is 0. The van der Waals surface area contributed by atoms with Gasteiger partial charge in [-0.3, -0.25) is 0 Å². The van der Waals surface area contributed by atoms with Crippen molar-refractivity contribution in [3.63, 3.8) is 0 Å². The van der Waals surface area contributed by atoms with Gasteiger partial charge in [0.25, 0.3) is 0 Å². The van der Waals surface area contributed by atoms with Crippen molar-refractivity contribution in [1.82, 2.24) is 0 Å². The van der Waals surface area contributed by atoms with Crippen LogP contribution in [-0.4, -0.2) is 0 Å². The zero-order valence-electron chi connectivity index (χ0n) is 16.9. The molecule has 0 nitrogen and oxygen atoms in total. The second-order valence-corrected chi connectivity index (χ2v) is 8.92. The van der Waals surface area contributed by atoms with E-state index in [0.717, 1.165) is 6.42 Å². The molecule has 0 aromatic heterocycles. The minimum absolute atomic E-state index is 0.586. The SMILES string of the molecule is c1ccc2cc3c(cc2c1)CCC(c1ccc2ccc4cccc5ccc1c2c45)C3. The Morgan fingerprint density at radius 3 is 1.97 bits per heavy atom. The van der Waals surface area contributed by atoms with Gasteiger partial charge in [0.2, 0.25) is 0 Å². The summed E-state index contributed by atoms with van der Waals surface area (Å²) in [6.45, 7) is 0. The Morgan fingerprint density at radius 1 is 0.533 bits per heavy atom. The molecule has 0 N–H and O–H groups in total. The third-order valence-electron chi connectivity index (χ3n) is 7.30. The maximum Gasteiger partial charge on any atom is -0.00239 e. The van der Waals surface area contributed by atoms with Crippen LogP contribution in [0.4, 0.5) is 0 Å². The molecule has 0 saturated carbocycles. The van der Waals surface area contributed by atoms with Gasteiger partial charge < -0.3 is 0 Å². The highest BCUT2D eigenvalue weighted by Gasteiger charge is 2.23. The molecular formula is C30H22. The first kappa shape index (κ1) is 16.4. The summed E-state index contributed by atoms with van der Waals surface area (Å²) in [6, 6.07) is 34.3. The summed E-state index contributed by atoms with van der Waals surface area (Å²) >= 11 is 0. The first-order valence-corrected chi connectivity index (χ1v) is 11.0. The molecule has 0 saturated heterocycles. The van der Waals surface area contributed by atoms with Gasteiger partial charge in [-0.05, 0) is 85.0 Å². The van der Waals surface area contributed by atoms with E-state index >= 15 is 0 Å². The highest BCUT2D eigenvalue weighted by atomic mass is 14.3. The molecule has 0 radical (unpaired) electrons. The van der Waals surface area contributed by atoms with E-state index in [1.165, 1.54) is 67.1 Å². The standard InChI is InChI=1S/C30H22/c1-2-5-23-17-26-18-25(11-10-24(26)16-22(23)4-1)27-14-12-21-9-8-19-6-3-7-20-13-15-28(27)30(21)29(19)20/h1-9,12-17,25H,10-11,18H2. The van der Waals surface area contributed by atoms with Gasteiger partial charge in [0.05, 0.1) is 0 Å². The third-order valence-corrected chi connectivity index (χ3v) is 7.30. The van der Waals surface area contributed by atoms with E-state index in [-0.39, 0.29) is 0 Å². The molecule has 0 spiro atoms. The van der Waals surface area contributed by atoms with E-state index in [2.05, 4.69) is 91.0 Å². The second kappa shape index (κ2) is 6.06. The van der Waals surface area contributed by atoms with E-state index < -0.39 is 0 Å². The summed E-state index contributed by atoms with van der Waals surface area (Å²) in [4.78, 5) is 0.